The maximum Gasteiger partial charge on any atom is 0.253 e. The average Bonchev–Trinajstić information content (AvgIpc) is 3.04. The zero-order chi connectivity index (χ0) is 18.0. The van der Waals surface area contributed by atoms with E-state index >= 15 is 0 Å². The second-order valence-corrected chi connectivity index (χ2v) is 7.77. The molecule has 3 rings (SSSR count). The largest absolute Gasteiger partial charge is 0.338 e. The monoisotopic (exact) mass is 362 g/mol. The molecule has 0 aliphatic carbocycles. The number of nitrogens with zero attached hydrogens (tertiary/aromatic N) is 4. The fourth-order valence-electron chi connectivity index (χ4n) is 2.70. The van der Waals surface area contributed by atoms with Crippen molar-refractivity contribution in [3.8, 4) is 0 Å². The standard InChI is InChI=1S/C18H23ClN4O2/c1-18(2,3)17-20-15(25-21-17)12-22-8-10-23(11-9-22)16(24)13-4-6-14(19)7-5-13/h4-7H,8-12H2,1-3H3. The van der Waals surface area contributed by atoms with Crippen LogP contribution in [0.2, 0.25) is 5.02 Å². The lowest BCUT2D eigenvalue weighted by molar-refractivity contribution is 0.0615. The van der Waals surface area contributed by atoms with E-state index in [1.807, 2.05) is 4.90 Å². The van der Waals surface area contributed by atoms with Crippen LogP contribution in [0.3, 0.4) is 0 Å². The highest BCUT2D eigenvalue weighted by Crippen LogP contribution is 2.19. The SMILES string of the molecule is CC(C)(C)c1noc(CN2CCN(C(=O)c3ccc(Cl)cc3)CC2)n1. The lowest BCUT2D eigenvalue weighted by Gasteiger charge is -2.34. The van der Waals surface area contributed by atoms with E-state index in [4.69, 9.17) is 16.1 Å². The van der Waals surface area contributed by atoms with Gasteiger partial charge in [-0.1, -0.05) is 37.5 Å². The highest BCUT2D eigenvalue weighted by Gasteiger charge is 2.25. The Labute approximate surface area is 152 Å². The van der Waals surface area contributed by atoms with E-state index in [2.05, 4.69) is 35.8 Å². The van der Waals surface area contributed by atoms with Gasteiger partial charge in [-0.05, 0) is 24.3 Å². The maximum absolute atomic E-state index is 12.5. The van der Waals surface area contributed by atoms with Crippen LogP contribution in [0.25, 0.3) is 0 Å². The van der Waals surface area contributed by atoms with Gasteiger partial charge in [0.05, 0.1) is 6.54 Å². The predicted molar refractivity (Wildman–Crippen MR) is 95.6 cm³/mol. The first-order valence-electron chi connectivity index (χ1n) is 8.43. The minimum Gasteiger partial charge on any atom is -0.338 e. The molecule has 0 N–H and O–H groups in total. The summed E-state index contributed by atoms with van der Waals surface area (Å²) in [6.45, 7) is 9.73. The highest BCUT2D eigenvalue weighted by molar-refractivity contribution is 6.30. The Morgan fingerprint density at radius 1 is 1.16 bits per heavy atom. The summed E-state index contributed by atoms with van der Waals surface area (Å²) in [6, 6.07) is 7.02. The summed E-state index contributed by atoms with van der Waals surface area (Å²) in [6.07, 6.45) is 0. The molecule has 6 nitrogen and oxygen atoms in total. The Hall–Kier alpha value is -1.92. The van der Waals surface area contributed by atoms with Gasteiger partial charge >= 0.3 is 0 Å². The molecule has 0 bridgehead atoms. The van der Waals surface area contributed by atoms with Gasteiger partial charge in [0.1, 0.15) is 0 Å². The van der Waals surface area contributed by atoms with Crippen LogP contribution in [0.1, 0.15) is 42.8 Å². The first-order chi connectivity index (χ1) is 11.8. The number of halogens is 1. The van der Waals surface area contributed by atoms with Gasteiger partial charge in [0.25, 0.3) is 5.91 Å². The van der Waals surface area contributed by atoms with Crippen LogP contribution < -0.4 is 0 Å². The van der Waals surface area contributed by atoms with E-state index in [1.165, 1.54) is 0 Å². The molecule has 2 heterocycles. The second kappa shape index (κ2) is 7.14. The van der Waals surface area contributed by atoms with Crippen LogP contribution in [0.5, 0.6) is 0 Å². The Balaban J connectivity index is 1.54. The zero-order valence-corrected chi connectivity index (χ0v) is 15.6. The van der Waals surface area contributed by atoms with Gasteiger partial charge in [0.15, 0.2) is 5.82 Å². The summed E-state index contributed by atoms with van der Waals surface area (Å²) in [4.78, 5) is 21.1. The van der Waals surface area contributed by atoms with Crippen molar-refractivity contribution in [1.29, 1.82) is 0 Å². The summed E-state index contributed by atoms with van der Waals surface area (Å²) in [7, 11) is 0. The van der Waals surface area contributed by atoms with Crippen LogP contribution in [0, 0.1) is 0 Å². The van der Waals surface area contributed by atoms with Gasteiger partial charge < -0.3 is 9.42 Å². The van der Waals surface area contributed by atoms with E-state index in [-0.39, 0.29) is 11.3 Å². The predicted octanol–water partition coefficient (Wildman–Crippen LogP) is 2.98. The summed E-state index contributed by atoms with van der Waals surface area (Å²) >= 11 is 5.88. The molecule has 2 aromatic rings. The molecule has 7 heteroatoms. The molecule has 1 fully saturated rings. The third-order valence-electron chi connectivity index (χ3n) is 4.25. The second-order valence-electron chi connectivity index (χ2n) is 7.34. The molecule has 0 spiro atoms. The number of rotatable bonds is 3. The smallest absolute Gasteiger partial charge is 0.253 e. The topological polar surface area (TPSA) is 62.5 Å². The molecule has 1 saturated heterocycles. The maximum atomic E-state index is 12.5. The number of aromatic nitrogens is 2. The highest BCUT2D eigenvalue weighted by atomic mass is 35.5. The quantitative estimate of drug-likeness (QED) is 0.840. The molecule has 1 amide bonds. The van der Waals surface area contributed by atoms with Crippen molar-refractivity contribution < 1.29 is 9.32 Å². The summed E-state index contributed by atoms with van der Waals surface area (Å²) < 4.78 is 5.35. The molecule has 1 aromatic heterocycles. The Morgan fingerprint density at radius 2 is 1.80 bits per heavy atom. The van der Waals surface area contributed by atoms with Crippen molar-refractivity contribution in [2.24, 2.45) is 0 Å². The molecular weight excluding hydrogens is 340 g/mol. The van der Waals surface area contributed by atoms with Crippen molar-refractivity contribution in [1.82, 2.24) is 19.9 Å². The molecule has 25 heavy (non-hydrogen) atoms. The summed E-state index contributed by atoms with van der Waals surface area (Å²) in [5, 5.41) is 4.69. The molecule has 1 aliphatic rings. The number of carbonyl (C=O) groups excluding carboxylic acids is 1. The minimum absolute atomic E-state index is 0.0455. The van der Waals surface area contributed by atoms with Crippen molar-refractivity contribution >= 4 is 17.5 Å². The number of hydrogen-bond acceptors (Lipinski definition) is 5. The molecule has 1 aliphatic heterocycles. The Kier molecular flexibility index (Phi) is 5.11. The van der Waals surface area contributed by atoms with Gasteiger partial charge in [-0.3, -0.25) is 9.69 Å². The van der Waals surface area contributed by atoms with Crippen LogP contribution in [0.4, 0.5) is 0 Å². The number of benzene rings is 1. The van der Waals surface area contributed by atoms with E-state index in [1.54, 1.807) is 24.3 Å². The summed E-state index contributed by atoms with van der Waals surface area (Å²) in [5.41, 5.74) is 0.551. The van der Waals surface area contributed by atoms with E-state index in [9.17, 15) is 4.79 Å². The normalized spacial score (nSPS) is 16.2. The van der Waals surface area contributed by atoms with E-state index < -0.39 is 0 Å². The molecule has 0 radical (unpaired) electrons. The third kappa shape index (κ3) is 4.38. The summed E-state index contributed by atoms with van der Waals surface area (Å²) in [5.74, 6) is 1.39. The van der Waals surface area contributed by atoms with Gasteiger partial charge in [0.2, 0.25) is 5.89 Å². The third-order valence-corrected chi connectivity index (χ3v) is 4.50. The Morgan fingerprint density at radius 3 is 2.36 bits per heavy atom. The number of piperazine rings is 1. The molecule has 0 atom stereocenters. The first-order valence-corrected chi connectivity index (χ1v) is 8.81. The number of amides is 1. The zero-order valence-electron chi connectivity index (χ0n) is 14.8. The Bertz CT molecular complexity index is 728. The fraction of sp³-hybridized carbons (Fsp3) is 0.500. The number of hydrogen-bond donors (Lipinski definition) is 0. The molecule has 1 aromatic carbocycles. The van der Waals surface area contributed by atoms with Crippen LogP contribution in [0.15, 0.2) is 28.8 Å². The molecule has 134 valence electrons. The lowest BCUT2D eigenvalue weighted by atomic mass is 9.96. The van der Waals surface area contributed by atoms with Gasteiger partial charge in [-0.25, -0.2) is 0 Å². The van der Waals surface area contributed by atoms with Crippen LogP contribution in [-0.2, 0) is 12.0 Å². The van der Waals surface area contributed by atoms with E-state index in [0.717, 1.165) is 18.9 Å². The lowest BCUT2D eigenvalue weighted by Crippen LogP contribution is -2.48. The molecule has 0 saturated carbocycles. The van der Waals surface area contributed by atoms with E-state index in [0.29, 0.717) is 36.1 Å². The van der Waals surface area contributed by atoms with Crippen LogP contribution in [-0.4, -0.2) is 52.0 Å². The van der Waals surface area contributed by atoms with Crippen molar-refractivity contribution in [3.63, 3.8) is 0 Å². The first kappa shape index (κ1) is 17.9. The van der Waals surface area contributed by atoms with Gasteiger partial charge in [0, 0.05) is 42.2 Å². The molecule has 0 unspecified atom stereocenters. The molecular formula is C18H23ClN4O2. The number of carbonyl (C=O) groups is 1. The fourth-order valence-corrected chi connectivity index (χ4v) is 2.83. The van der Waals surface area contributed by atoms with Gasteiger partial charge in [-0.2, -0.15) is 4.98 Å². The minimum atomic E-state index is -0.120. The van der Waals surface area contributed by atoms with Crippen LogP contribution >= 0.6 is 11.6 Å². The van der Waals surface area contributed by atoms with Crippen molar-refractivity contribution in [2.75, 3.05) is 26.2 Å². The van der Waals surface area contributed by atoms with Gasteiger partial charge in [-0.15, -0.1) is 0 Å². The van der Waals surface area contributed by atoms with Crippen molar-refractivity contribution in [2.45, 2.75) is 32.7 Å². The average molecular weight is 363 g/mol. The van der Waals surface area contributed by atoms with Crippen molar-refractivity contribution in [3.05, 3.63) is 46.6 Å².